The van der Waals surface area contributed by atoms with Crippen molar-refractivity contribution in [2.24, 2.45) is 5.92 Å². The Labute approximate surface area is 400 Å². The van der Waals surface area contributed by atoms with Gasteiger partial charge in [0.2, 0.25) is 0 Å². The highest BCUT2D eigenvalue weighted by molar-refractivity contribution is 5.21. The van der Waals surface area contributed by atoms with Crippen LogP contribution in [0.25, 0.3) is 0 Å². The van der Waals surface area contributed by atoms with Gasteiger partial charge in [0, 0.05) is 20.1 Å². The van der Waals surface area contributed by atoms with Crippen molar-refractivity contribution in [2.75, 3.05) is 34.0 Å². The second-order valence-corrected chi connectivity index (χ2v) is 17.2. The normalized spacial score (nSPS) is 26.1. The maximum Gasteiger partial charge on any atom is 0.186 e. The molecule has 2 aliphatic rings. The van der Waals surface area contributed by atoms with E-state index in [0.717, 1.165) is 33.4 Å². The van der Waals surface area contributed by atoms with Gasteiger partial charge in [0.05, 0.1) is 71.7 Å². The highest BCUT2D eigenvalue weighted by Crippen LogP contribution is 2.47. The smallest absolute Gasteiger partial charge is 0.186 e. The zero-order valence-electron chi connectivity index (χ0n) is 38.9. The van der Waals surface area contributed by atoms with E-state index in [1.807, 2.05) is 182 Å². The molecule has 0 radical (unpaired) electrons. The van der Waals surface area contributed by atoms with Crippen LogP contribution in [-0.4, -0.2) is 93.8 Å². The van der Waals surface area contributed by atoms with Gasteiger partial charge in [-0.05, 0) is 33.4 Å². The molecule has 0 aliphatic carbocycles. The van der Waals surface area contributed by atoms with Gasteiger partial charge in [-0.15, -0.1) is 0 Å². The van der Waals surface area contributed by atoms with E-state index in [1.165, 1.54) is 0 Å². The average molecular weight is 925 g/mol. The predicted molar refractivity (Wildman–Crippen MR) is 257 cm³/mol. The van der Waals surface area contributed by atoms with Crippen LogP contribution in [0.2, 0.25) is 0 Å². The van der Waals surface area contributed by atoms with Gasteiger partial charge >= 0.3 is 0 Å². The molecule has 11 heteroatoms. The van der Waals surface area contributed by atoms with E-state index in [1.54, 1.807) is 14.2 Å². The molecule has 1 N–H and O–H groups in total. The van der Waals surface area contributed by atoms with Gasteiger partial charge in [-0.3, -0.25) is 0 Å². The summed E-state index contributed by atoms with van der Waals surface area (Å²) in [7, 11) is 3.24. The minimum atomic E-state index is -1.56. The number of aliphatic hydroxyl groups excluding tert-OH is 1. The van der Waals surface area contributed by atoms with Gasteiger partial charge in [-0.2, -0.15) is 0 Å². The molecule has 2 saturated heterocycles. The molecule has 10 atom stereocenters. The summed E-state index contributed by atoms with van der Waals surface area (Å²) in [5.41, 5.74) is 4.23. The molecule has 0 spiro atoms. The van der Waals surface area contributed by atoms with Crippen LogP contribution in [-0.2, 0) is 87.0 Å². The molecule has 0 bridgehead atoms. The van der Waals surface area contributed by atoms with E-state index in [2.05, 4.69) is 0 Å². The quantitative estimate of drug-likeness (QED) is 0.0629. The van der Waals surface area contributed by atoms with Gasteiger partial charge in [0.15, 0.2) is 11.9 Å². The van der Waals surface area contributed by atoms with Gasteiger partial charge in [-0.25, -0.2) is 0 Å². The Kier molecular flexibility index (Phi) is 18.5. The van der Waals surface area contributed by atoms with Crippen LogP contribution in [0.4, 0.5) is 0 Å². The van der Waals surface area contributed by atoms with Crippen molar-refractivity contribution in [3.05, 3.63) is 215 Å². The van der Waals surface area contributed by atoms with Crippen LogP contribution in [0.1, 0.15) is 33.4 Å². The highest BCUT2D eigenvalue weighted by Gasteiger charge is 2.67. The number of aliphatic hydroxyl groups is 1. The number of methoxy groups -OCH3 is 2. The molecule has 0 aromatic heterocycles. The molecule has 0 unspecified atom stereocenters. The van der Waals surface area contributed by atoms with Gasteiger partial charge < -0.3 is 52.5 Å². The van der Waals surface area contributed by atoms with Crippen molar-refractivity contribution in [1.82, 2.24) is 0 Å². The first-order valence-electron chi connectivity index (χ1n) is 23.4. The maximum atomic E-state index is 11.5. The van der Waals surface area contributed by atoms with Gasteiger partial charge in [0.1, 0.15) is 30.5 Å². The molecule has 6 aromatic carbocycles. The van der Waals surface area contributed by atoms with Crippen LogP contribution in [0, 0.1) is 5.92 Å². The van der Waals surface area contributed by atoms with Crippen molar-refractivity contribution in [3.63, 3.8) is 0 Å². The van der Waals surface area contributed by atoms with Crippen LogP contribution >= 0.6 is 0 Å². The first kappa shape index (κ1) is 49.3. The lowest BCUT2D eigenvalue weighted by molar-refractivity contribution is -0.390. The zero-order chi connectivity index (χ0) is 46.8. The molecule has 68 heavy (non-hydrogen) atoms. The van der Waals surface area contributed by atoms with Crippen molar-refractivity contribution in [1.29, 1.82) is 0 Å². The van der Waals surface area contributed by atoms with Crippen LogP contribution in [0.15, 0.2) is 182 Å². The summed E-state index contributed by atoms with van der Waals surface area (Å²) in [6.45, 7) is 1.35. The van der Waals surface area contributed by atoms with Crippen molar-refractivity contribution in [3.8, 4) is 0 Å². The SMILES string of the molecule is CO[C@H]1O[C@H](COCc2ccccc2)[C@](OC)([C@@H]2O[C@H](COCc3ccccc3)[C@@H](CO)[C@H](OCc3ccccc3)[C@H]2OCc2ccccc2)[C@H](OCc2ccccc2)[C@H]1OCc1ccccc1. The van der Waals surface area contributed by atoms with Crippen LogP contribution in [0.3, 0.4) is 0 Å². The Morgan fingerprint density at radius 1 is 0.441 bits per heavy atom. The second-order valence-electron chi connectivity index (χ2n) is 17.2. The number of benzene rings is 6. The summed E-state index contributed by atoms with van der Waals surface area (Å²) in [5, 5.41) is 11.5. The minimum absolute atomic E-state index is 0.0403. The first-order chi connectivity index (χ1) is 33.6. The Bertz CT molecular complexity index is 2290. The van der Waals surface area contributed by atoms with E-state index in [-0.39, 0.29) is 46.2 Å². The van der Waals surface area contributed by atoms with Crippen LogP contribution < -0.4 is 0 Å². The molecular weight excluding hydrogens is 861 g/mol. The molecule has 11 nitrogen and oxygen atoms in total. The Morgan fingerprint density at radius 3 is 1.24 bits per heavy atom. The number of rotatable bonds is 24. The fraction of sp³-hybridized carbons (Fsp3) is 0.368. The molecule has 2 aliphatic heterocycles. The van der Waals surface area contributed by atoms with E-state index < -0.39 is 60.5 Å². The largest absolute Gasteiger partial charge is 0.396 e. The van der Waals surface area contributed by atoms with E-state index in [4.69, 9.17) is 47.4 Å². The Hall–Kier alpha value is -5.12. The second kappa shape index (κ2) is 25.5. The molecule has 2 fully saturated rings. The lowest BCUT2D eigenvalue weighted by atomic mass is 9.72. The molecule has 2 heterocycles. The average Bonchev–Trinajstić information content (AvgIpc) is 3.40. The van der Waals surface area contributed by atoms with Crippen molar-refractivity contribution >= 4 is 0 Å². The number of ether oxygens (including phenoxy) is 10. The Morgan fingerprint density at radius 2 is 0.824 bits per heavy atom. The summed E-state index contributed by atoms with van der Waals surface area (Å²) in [6.07, 6.45) is -7.04. The highest BCUT2D eigenvalue weighted by atomic mass is 16.7. The summed E-state index contributed by atoms with van der Waals surface area (Å²) >= 11 is 0. The third kappa shape index (κ3) is 12.6. The molecule has 0 saturated carbocycles. The summed E-state index contributed by atoms with van der Waals surface area (Å²) in [4.78, 5) is 0. The monoisotopic (exact) mass is 924 g/mol. The summed E-state index contributed by atoms with van der Waals surface area (Å²) < 4.78 is 69.3. The molecule has 0 amide bonds. The standard InChI is InChI=1S/C57H64O11/c1-59-56-53(65-38-46-29-17-7-18-30-46)54(66-39-47-31-19-8-20-32-47)57(60-2,50(68-56)41-62-35-43-23-11-4-12-24-43)55-52(64-37-45-27-15-6-16-28-45)51(63-36-44-25-13-5-14-26-44)48(33-58)49(67-55)40-61-34-42-21-9-3-10-22-42/h3-32,48-56,58H,33-41H2,1-2H3/t48-,49-,50-,51+,52-,53-,54-,55-,56+,57-/m1/s1. The minimum Gasteiger partial charge on any atom is -0.396 e. The van der Waals surface area contributed by atoms with Crippen molar-refractivity contribution in [2.45, 2.75) is 94.3 Å². The lowest BCUT2D eigenvalue weighted by Gasteiger charge is -2.59. The molecule has 8 rings (SSSR count). The summed E-state index contributed by atoms with van der Waals surface area (Å²) in [5.74, 6) is -0.599. The van der Waals surface area contributed by atoms with Crippen molar-refractivity contribution < 1.29 is 52.5 Å². The Balaban J connectivity index is 1.26. The number of hydrogen-bond donors (Lipinski definition) is 1. The third-order valence-corrected chi connectivity index (χ3v) is 12.8. The molecular formula is C57H64O11. The lowest BCUT2D eigenvalue weighted by Crippen LogP contribution is -2.78. The van der Waals surface area contributed by atoms with E-state index in [9.17, 15) is 5.11 Å². The summed E-state index contributed by atoms with van der Waals surface area (Å²) in [6, 6.07) is 59.8. The topological polar surface area (TPSA) is 113 Å². The molecule has 6 aromatic rings. The van der Waals surface area contributed by atoms with Gasteiger partial charge in [0.25, 0.3) is 0 Å². The van der Waals surface area contributed by atoms with E-state index >= 15 is 0 Å². The first-order valence-corrected chi connectivity index (χ1v) is 23.4. The van der Waals surface area contributed by atoms with Crippen LogP contribution in [0.5, 0.6) is 0 Å². The molecule has 358 valence electrons. The predicted octanol–water partition coefficient (Wildman–Crippen LogP) is 8.89. The van der Waals surface area contributed by atoms with Gasteiger partial charge in [-0.1, -0.05) is 182 Å². The maximum absolute atomic E-state index is 11.5. The zero-order valence-corrected chi connectivity index (χ0v) is 38.9. The fourth-order valence-electron chi connectivity index (χ4n) is 9.32. The fourth-order valence-corrected chi connectivity index (χ4v) is 9.32. The number of hydrogen-bond acceptors (Lipinski definition) is 11. The third-order valence-electron chi connectivity index (χ3n) is 12.8. The van der Waals surface area contributed by atoms with E-state index in [0.29, 0.717) is 13.2 Å².